The maximum absolute atomic E-state index is 12.3. The van der Waals surface area contributed by atoms with Crippen LogP contribution in [-0.4, -0.2) is 50.2 Å². The van der Waals surface area contributed by atoms with Crippen LogP contribution in [0.25, 0.3) is 0 Å². The molecule has 2 amide bonds. The number of aliphatic carboxylic acids is 1. The standard InChI is InChI=1S/C14H22N4O3/c1-10-3-5-18(12(7-10)13(19)20)14(21)16-11(2)8-17-6-4-15-9-17/h4,6,9-12H,3,5,7-8H2,1-2H3,(H,16,21)(H,19,20). The number of hydrogen-bond acceptors (Lipinski definition) is 3. The summed E-state index contributed by atoms with van der Waals surface area (Å²) >= 11 is 0. The predicted octanol–water partition coefficient (Wildman–Crippen LogP) is 1.17. The van der Waals surface area contributed by atoms with E-state index in [9.17, 15) is 14.7 Å². The first-order valence-corrected chi connectivity index (χ1v) is 7.23. The van der Waals surface area contributed by atoms with Crippen molar-refractivity contribution in [3.63, 3.8) is 0 Å². The summed E-state index contributed by atoms with van der Waals surface area (Å²) in [6.07, 6.45) is 6.54. The lowest BCUT2D eigenvalue weighted by Crippen LogP contribution is -2.55. The Hall–Kier alpha value is -2.05. The van der Waals surface area contributed by atoms with Crippen molar-refractivity contribution in [2.75, 3.05) is 6.54 Å². The van der Waals surface area contributed by atoms with Gasteiger partial charge in [-0.2, -0.15) is 0 Å². The van der Waals surface area contributed by atoms with E-state index in [0.717, 1.165) is 6.42 Å². The van der Waals surface area contributed by atoms with E-state index in [1.165, 1.54) is 4.90 Å². The van der Waals surface area contributed by atoms with Crippen molar-refractivity contribution in [3.05, 3.63) is 18.7 Å². The van der Waals surface area contributed by atoms with Crippen LogP contribution in [0.3, 0.4) is 0 Å². The van der Waals surface area contributed by atoms with Gasteiger partial charge in [-0.15, -0.1) is 0 Å². The molecule has 21 heavy (non-hydrogen) atoms. The highest BCUT2D eigenvalue weighted by molar-refractivity contribution is 5.83. The summed E-state index contributed by atoms with van der Waals surface area (Å²) in [7, 11) is 0. The number of rotatable bonds is 4. The molecule has 7 nitrogen and oxygen atoms in total. The van der Waals surface area contributed by atoms with E-state index in [0.29, 0.717) is 25.4 Å². The Bertz CT molecular complexity index is 488. The van der Waals surface area contributed by atoms with Crippen molar-refractivity contribution < 1.29 is 14.7 Å². The molecule has 0 radical (unpaired) electrons. The molecule has 1 aliphatic rings. The fourth-order valence-corrected chi connectivity index (χ4v) is 2.67. The highest BCUT2D eigenvalue weighted by Gasteiger charge is 2.35. The van der Waals surface area contributed by atoms with Crippen LogP contribution in [0.1, 0.15) is 26.7 Å². The van der Waals surface area contributed by atoms with E-state index in [-0.39, 0.29) is 12.1 Å². The molecular formula is C14H22N4O3. The number of hydrogen-bond donors (Lipinski definition) is 2. The van der Waals surface area contributed by atoms with Crippen LogP contribution in [-0.2, 0) is 11.3 Å². The van der Waals surface area contributed by atoms with Gasteiger partial charge >= 0.3 is 12.0 Å². The molecule has 2 N–H and O–H groups in total. The van der Waals surface area contributed by atoms with Gasteiger partial charge in [0.05, 0.1) is 6.33 Å². The van der Waals surface area contributed by atoms with E-state index in [1.807, 2.05) is 24.6 Å². The molecule has 1 saturated heterocycles. The van der Waals surface area contributed by atoms with Crippen molar-refractivity contribution in [1.29, 1.82) is 0 Å². The Morgan fingerprint density at radius 1 is 1.52 bits per heavy atom. The maximum atomic E-state index is 12.3. The Morgan fingerprint density at radius 3 is 2.90 bits per heavy atom. The van der Waals surface area contributed by atoms with Crippen LogP contribution >= 0.6 is 0 Å². The van der Waals surface area contributed by atoms with Gasteiger partial charge in [0.15, 0.2) is 0 Å². The van der Waals surface area contributed by atoms with Gasteiger partial charge in [-0.25, -0.2) is 14.6 Å². The van der Waals surface area contributed by atoms with Crippen LogP contribution in [0.15, 0.2) is 18.7 Å². The second kappa shape index (κ2) is 6.60. The zero-order valence-corrected chi connectivity index (χ0v) is 12.4. The van der Waals surface area contributed by atoms with Crippen molar-refractivity contribution in [3.8, 4) is 0 Å². The van der Waals surface area contributed by atoms with Gasteiger partial charge < -0.3 is 19.9 Å². The molecule has 0 aromatic carbocycles. The van der Waals surface area contributed by atoms with Gasteiger partial charge in [0.2, 0.25) is 0 Å². The highest BCUT2D eigenvalue weighted by atomic mass is 16.4. The number of imidazole rings is 1. The van der Waals surface area contributed by atoms with E-state index < -0.39 is 12.0 Å². The van der Waals surface area contributed by atoms with Gasteiger partial charge in [0, 0.05) is 31.5 Å². The third-order valence-electron chi connectivity index (χ3n) is 3.82. The van der Waals surface area contributed by atoms with Crippen LogP contribution in [0.5, 0.6) is 0 Å². The Labute approximate surface area is 124 Å². The first-order valence-electron chi connectivity index (χ1n) is 7.23. The number of amides is 2. The van der Waals surface area contributed by atoms with Gasteiger partial charge in [0.25, 0.3) is 0 Å². The van der Waals surface area contributed by atoms with Gasteiger partial charge in [-0.3, -0.25) is 0 Å². The average Bonchev–Trinajstić information content (AvgIpc) is 2.90. The number of carbonyl (C=O) groups is 2. The summed E-state index contributed by atoms with van der Waals surface area (Å²) < 4.78 is 1.87. The van der Waals surface area contributed by atoms with Crippen LogP contribution in [0.2, 0.25) is 0 Å². The predicted molar refractivity (Wildman–Crippen MR) is 76.7 cm³/mol. The number of aromatic nitrogens is 2. The second-order valence-corrected chi connectivity index (χ2v) is 5.79. The number of carboxylic acids is 1. The van der Waals surface area contributed by atoms with Crippen molar-refractivity contribution >= 4 is 12.0 Å². The Morgan fingerprint density at radius 2 is 2.29 bits per heavy atom. The molecule has 2 rings (SSSR count). The summed E-state index contributed by atoms with van der Waals surface area (Å²) in [6.45, 7) is 5.00. The van der Waals surface area contributed by atoms with E-state index in [4.69, 9.17) is 0 Å². The van der Waals surface area contributed by atoms with Crippen LogP contribution < -0.4 is 5.32 Å². The largest absolute Gasteiger partial charge is 0.480 e. The molecule has 0 saturated carbocycles. The molecule has 1 aromatic heterocycles. The fraction of sp³-hybridized carbons (Fsp3) is 0.643. The minimum Gasteiger partial charge on any atom is -0.480 e. The molecule has 0 spiro atoms. The minimum absolute atomic E-state index is 0.0968. The summed E-state index contributed by atoms with van der Waals surface area (Å²) in [6, 6.07) is -1.13. The zero-order valence-electron chi connectivity index (χ0n) is 12.4. The molecule has 2 heterocycles. The molecule has 1 aromatic rings. The lowest BCUT2D eigenvalue weighted by molar-refractivity contribution is -0.143. The monoisotopic (exact) mass is 294 g/mol. The molecule has 3 atom stereocenters. The number of carbonyl (C=O) groups excluding carboxylic acids is 1. The third kappa shape index (κ3) is 3.96. The Kier molecular flexibility index (Phi) is 4.82. The van der Waals surface area contributed by atoms with Crippen molar-refractivity contribution in [1.82, 2.24) is 19.8 Å². The normalized spacial score (nSPS) is 23.6. The fourth-order valence-electron chi connectivity index (χ4n) is 2.67. The summed E-state index contributed by atoms with van der Waals surface area (Å²) in [5.41, 5.74) is 0. The van der Waals surface area contributed by atoms with Gasteiger partial charge in [0.1, 0.15) is 6.04 Å². The number of piperidine rings is 1. The average molecular weight is 294 g/mol. The van der Waals surface area contributed by atoms with Crippen molar-refractivity contribution in [2.24, 2.45) is 5.92 Å². The number of nitrogens with zero attached hydrogens (tertiary/aromatic N) is 3. The molecule has 116 valence electrons. The first-order chi connectivity index (χ1) is 9.97. The summed E-state index contributed by atoms with van der Waals surface area (Å²) in [5, 5.41) is 12.1. The molecule has 1 fully saturated rings. The lowest BCUT2D eigenvalue weighted by Gasteiger charge is -2.36. The number of nitrogens with one attached hydrogen (secondary N) is 1. The molecule has 7 heteroatoms. The smallest absolute Gasteiger partial charge is 0.326 e. The molecular weight excluding hydrogens is 272 g/mol. The minimum atomic E-state index is -0.932. The van der Waals surface area contributed by atoms with Crippen LogP contribution in [0.4, 0.5) is 4.79 Å². The maximum Gasteiger partial charge on any atom is 0.326 e. The topological polar surface area (TPSA) is 87.5 Å². The van der Waals surface area contributed by atoms with E-state index >= 15 is 0 Å². The number of urea groups is 1. The second-order valence-electron chi connectivity index (χ2n) is 5.79. The zero-order chi connectivity index (χ0) is 15.4. The Balaban J connectivity index is 1.93. The number of carboxylic acid groups (broad SMARTS) is 1. The van der Waals surface area contributed by atoms with Crippen LogP contribution in [0, 0.1) is 5.92 Å². The molecule has 0 aliphatic carbocycles. The molecule has 3 unspecified atom stereocenters. The van der Waals surface area contributed by atoms with Gasteiger partial charge in [-0.05, 0) is 25.7 Å². The first kappa shape index (κ1) is 15.3. The summed E-state index contributed by atoms with van der Waals surface area (Å²) in [4.78, 5) is 29.0. The molecule has 0 bridgehead atoms. The van der Waals surface area contributed by atoms with Crippen molar-refractivity contribution in [2.45, 2.75) is 45.3 Å². The molecule has 1 aliphatic heterocycles. The van der Waals surface area contributed by atoms with Gasteiger partial charge in [-0.1, -0.05) is 6.92 Å². The number of likely N-dealkylation sites (tertiary alicyclic amines) is 1. The van der Waals surface area contributed by atoms with E-state index in [1.54, 1.807) is 12.5 Å². The quantitative estimate of drug-likeness (QED) is 0.872. The SMILES string of the molecule is CC1CCN(C(=O)NC(C)Cn2ccnc2)C(C(=O)O)C1. The third-order valence-corrected chi connectivity index (χ3v) is 3.82. The van der Waals surface area contributed by atoms with E-state index in [2.05, 4.69) is 10.3 Å². The lowest BCUT2D eigenvalue weighted by atomic mass is 9.93. The summed E-state index contributed by atoms with van der Waals surface area (Å²) in [5.74, 6) is -0.600. The highest BCUT2D eigenvalue weighted by Crippen LogP contribution is 2.22.